The number of carbonyl (C=O) groups is 2. The number of nitrogens with zero attached hydrogens (tertiary/aromatic N) is 4. The van der Waals surface area contributed by atoms with Gasteiger partial charge in [-0.15, -0.1) is 0 Å². The Labute approximate surface area is 158 Å². The fourth-order valence-corrected chi connectivity index (χ4v) is 3.58. The van der Waals surface area contributed by atoms with E-state index in [1.807, 2.05) is 30.0 Å². The van der Waals surface area contributed by atoms with Crippen molar-refractivity contribution in [3.8, 4) is 0 Å². The summed E-state index contributed by atoms with van der Waals surface area (Å²) in [6.07, 6.45) is 3.27. The van der Waals surface area contributed by atoms with Crippen molar-refractivity contribution >= 4 is 11.9 Å². The lowest BCUT2D eigenvalue weighted by atomic mass is 10.1. The Hall–Kier alpha value is -2.80. The van der Waals surface area contributed by atoms with Crippen molar-refractivity contribution in [1.82, 2.24) is 19.8 Å². The van der Waals surface area contributed by atoms with Gasteiger partial charge in [0.1, 0.15) is 5.69 Å². The first-order valence-corrected chi connectivity index (χ1v) is 9.16. The molecule has 1 aliphatic heterocycles. The van der Waals surface area contributed by atoms with Crippen LogP contribution in [0.15, 0.2) is 42.7 Å². The maximum atomic E-state index is 12.8. The summed E-state index contributed by atoms with van der Waals surface area (Å²) in [5.41, 5.74) is 1.28. The monoisotopic (exact) mass is 368 g/mol. The summed E-state index contributed by atoms with van der Waals surface area (Å²) in [6, 6.07) is 10.7. The summed E-state index contributed by atoms with van der Waals surface area (Å²) >= 11 is 0. The summed E-state index contributed by atoms with van der Waals surface area (Å²) in [5, 5.41) is 8.91. The summed E-state index contributed by atoms with van der Waals surface area (Å²) in [4.78, 5) is 35.7. The third-order valence-electron chi connectivity index (χ3n) is 5.16. The van der Waals surface area contributed by atoms with E-state index in [1.165, 1.54) is 11.8 Å². The van der Waals surface area contributed by atoms with E-state index in [0.717, 1.165) is 25.7 Å². The number of hydrogen-bond donors (Lipinski definition) is 1. The molecule has 2 atom stereocenters. The van der Waals surface area contributed by atoms with Gasteiger partial charge in [-0.2, -0.15) is 0 Å². The minimum Gasteiger partial charge on any atom is -0.476 e. The maximum absolute atomic E-state index is 12.8. The van der Waals surface area contributed by atoms with E-state index < -0.39 is 5.97 Å². The van der Waals surface area contributed by atoms with Crippen LogP contribution in [-0.2, 0) is 0 Å². The van der Waals surface area contributed by atoms with Crippen molar-refractivity contribution < 1.29 is 14.7 Å². The van der Waals surface area contributed by atoms with E-state index in [0.29, 0.717) is 12.6 Å². The lowest BCUT2D eigenvalue weighted by Crippen LogP contribution is -2.42. The average molecular weight is 368 g/mol. The van der Waals surface area contributed by atoms with Gasteiger partial charge in [0.05, 0.1) is 12.4 Å². The molecule has 1 saturated heterocycles. The Morgan fingerprint density at radius 3 is 2.48 bits per heavy atom. The smallest absolute Gasteiger partial charge is 0.356 e. The molecule has 1 aromatic carbocycles. The van der Waals surface area contributed by atoms with Gasteiger partial charge in [-0.1, -0.05) is 30.3 Å². The highest BCUT2D eigenvalue weighted by molar-refractivity contribution is 5.93. The standard InChI is InChI=1S/C20H24N4O3/c1-3-24(19(25)17-11-22-18(12-21-17)20(26)27)16-9-10-23(13-16)14(2)15-7-5-4-6-8-15/h4-8,11-12,14,16H,3,9-10,13H2,1-2H3,(H,26,27). The van der Waals surface area contributed by atoms with Crippen molar-refractivity contribution in [2.45, 2.75) is 32.4 Å². The zero-order valence-electron chi connectivity index (χ0n) is 15.6. The third-order valence-corrected chi connectivity index (χ3v) is 5.16. The van der Waals surface area contributed by atoms with Crippen LogP contribution in [0.5, 0.6) is 0 Å². The van der Waals surface area contributed by atoms with Crippen LogP contribution in [-0.4, -0.2) is 62.4 Å². The molecule has 1 N–H and O–H groups in total. The highest BCUT2D eigenvalue weighted by Crippen LogP contribution is 2.27. The molecule has 27 heavy (non-hydrogen) atoms. The van der Waals surface area contributed by atoms with Gasteiger partial charge in [0.25, 0.3) is 5.91 Å². The number of rotatable bonds is 6. The topological polar surface area (TPSA) is 86.6 Å². The first-order chi connectivity index (χ1) is 13.0. The molecule has 1 aromatic heterocycles. The fourth-order valence-electron chi connectivity index (χ4n) is 3.58. The molecule has 1 amide bonds. The number of carboxylic acids is 1. The van der Waals surface area contributed by atoms with E-state index in [9.17, 15) is 9.59 Å². The number of hydrogen-bond acceptors (Lipinski definition) is 5. The number of amides is 1. The lowest BCUT2D eigenvalue weighted by Gasteiger charge is -2.29. The molecule has 0 aliphatic carbocycles. The molecule has 2 heterocycles. The molecule has 2 unspecified atom stereocenters. The second kappa shape index (κ2) is 8.26. The predicted molar refractivity (Wildman–Crippen MR) is 101 cm³/mol. The van der Waals surface area contributed by atoms with E-state index in [4.69, 9.17) is 5.11 Å². The first kappa shape index (κ1) is 19.0. The van der Waals surface area contributed by atoms with Gasteiger partial charge in [0, 0.05) is 31.7 Å². The van der Waals surface area contributed by atoms with E-state index in [-0.39, 0.29) is 23.3 Å². The van der Waals surface area contributed by atoms with Crippen LogP contribution in [0, 0.1) is 0 Å². The number of aromatic carboxylic acids is 1. The lowest BCUT2D eigenvalue weighted by molar-refractivity contribution is 0.0668. The highest BCUT2D eigenvalue weighted by atomic mass is 16.4. The molecule has 0 bridgehead atoms. The molecule has 7 nitrogen and oxygen atoms in total. The number of carbonyl (C=O) groups excluding carboxylic acids is 1. The van der Waals surface area contributed by atoms with Crippen LogP contribution in [0.4, 0.5) is 0 Å². The summed E-state index contributed by atoms with van der Waals surface area (Å²) in [5.74, 6) is -1.36. The molecule has 7 heteroatoms. The molecular weight excluding hydrogens is 344 g/mol. The number of likely N-dealkylation sites (tertiary alicyclic amines) is 1. The Balaban J connectivity index is 1.69. The van der Waals surface area contributed by atoms with Crippen molar-refractivity contribution in [2.24, 2.45) is 0 Å². The predicted octanol–water partition coefficient (Wildman–Crippen LogP) is 2.47. The van der Waals surface area contributed by atoms with Crippen LogP contribution in [0.25, 0.3) is 0 Å². The molecule has 0 saturated carbocycles. The van der Waals surface area contributed by atoms with E-state index in [2.05, 4.69) is 33.9 Å². The van der Waals surface area contributed by atoms with E-state index >= 15 is 0 Å². The zero-order chi connectivity index (χ0) is 19.4. The Kier molecular flexibility index (Phi) is 5.81. The molecule has 1 aliphatic rings. The molecule has 3 rings (SSSR count). The van der Waals surface area contributed by atoms with Crippen molar-refractivity contribution in [2.75, 3.05) is 19.6 Å². The molecule has 2 aromatic rings. The normalized spacial score (nSPS) is 18.2. The Morgan fingerprint density at radius 2 is 1.89 bits per heavy atom. The van der Waals surface area contributed by atoms with Crippen molar-refractivity contribution in [1.29, 1.82) is 0 Å². The quantitative estimate of drug-likeness (QED) is 0.843. The Morgan fingerprint density at radius 1 is 1.22 bits per heavy atom. The van der Waals surface area contributed by atoms with Crippen LogP contribution >= 0.6 is 0 Å². The molecule has 142 valence electrons. The SMILES string of the molecule is CCN(C(=O)c1cnc(C(=O)O)cn1)C1CCN(C(C)c2ccccc2)C1. The second-order valence-electron chi connectivity index (χ2n) is 6.71. The molecule has 0 radical (unpaired) electrons. The van der Waals surface area contributed by atoms with Crippen LogP contribution in [0.1, 0.15) is 52.9 Å². The zero-order valence-corrected chi connectivity index (χ0v) is 15.6. The number of likely N-dealkylation sites (N-methyl/N-ethyl adjacent to an activating group) is 1. The molecule has 0 spiro atoms. The van der Waals surface area contributed by atoms with Gasteiger partial charge in [-0.05, 0) is 25.8 Å². The number of benzene rings is 1. The van der Waals surface area contributed by atoms with Crippen LogP contribution in [0.2, 0.25) is 0 Å². The van der Waals surface area contributed by atoms with Gasteiger partial charge in [0.2, 0.25) is 0 Å². The number of aromatic nitrogens is 2. The van der Waals surface area contributed by atoms with Gasteiger partial charge < -0.3 is 10.0 Å². The first-order valence-electron chi connectivity index (χ1n) is 9.16. The van der Waals surface area contributed by atoms with Crippen molar-refractivity contribution in [3.63, 3.8) is 0 Å². The number of carboxylic acid groups (broad SMARTS) is 1. The Bertz CT molecular complexity index is 795. The van der Waals surface area contributed by atoms with Gasteiger partial charge in [0.15, 0.2) is 5.69 Å². The summed E-state index contributed by atoms with van der Waals surface area (Å²) < 4.78 is 0. The summed E-state index contributed by atoms with van der Waals surface area (Å²) in [7, 11) is 0. The van der Waals surface area contributed by atoms with Gasteiger partial charge >= 0.3 is 5.97 Å². The highest BCUT2D eigenvalue weighted by Gasteiger charge is 2.33. The van der Waals surface area contributed by atoms with Gasteiger partial charge in [-0.25, -0.2) is 14.8 Å². The maximum Gasteiger partial charge on any atom is 0.356 e. The largest absolute Gasteiger partial charge is 0.476 e. The minimum atomic E-state index is -1.16. The summed E-state index contributed by atoms with van der Waals surface area (Å²) in [6.45, 7) is 6.43. The average Bonchev–Trinajstić information content (AvgIpc) is 3.18. The van der Waals surface area contributed by atoms with Gasteiger partial charge in [-0.3, -0.25) is 9.69 Å². The second-order valence-corrected chi connectivity index (χ2v) is 6.71. The minimum absolute atomic E-state index is 0.106. The molecular formula is C20H24N4O3. The van der Waals surface area contributed by atoms with Crippen molar-refractivity contribution in [3.05, 3.63) is 59.7 Å². The van der Waals surface area contributed by atoms with Crippen LogP contribution < -0.4 is 0 Å². The molecule has 1 fully saturated rings. The van der Waals surface area contributed by atoms with E-state index in [1.54, 1.807) is 0 Å². The third kappa shape index (κ3) is 4.14. The fraction of sp³-hybridized carbons (Fsp3) is 0.400. The van der Waals surface area contributed by atoms with Crippen LogP contribution in [0.3, 0.4) is 0 Å².